The minimum Gasteiger partial charge on any atom is -0.466 e. The molecule has 0 saturated heterocycles. The normalized spacial score (nSPS) is 15.5. The zero-order chi connectivity index (χ0) is 43.7. The van der Waals surface area contributed by atoms with Gasteiger partial charge in [0.05, 0.1) is 31.5 Å². The molecule has 59 heavy (non-hydrogen) atoms. The average molecular weight is 852 g/mol. The molecule has 5 atom stereocenters. The molecule has 1 aromatic heterocycles. The van der Waals surface area contributed by atoms with Gasteiger partial charge in [0.25, 0.3) is 0 Å². The molecule has 1 unspecified atom stereocenters. The van der Waals surface area contributed by atoms with Crippen LogP contribution in [0.15, 0.2) is 65.2 Å². The second-order valence-electron chi connectivity index (χ2n) is 14.6. The monoisotopic (exact) mass is 851 g/mol. The van der Waals surface area contributed by atoms with E-state index in [0.717, 1.165) is 69.3 Å². The lowest BCUT2D eigenvalue weighted by atomic mass is 10.0. The van der Waals surface area contributed by atoms with E-state index in [0.29, 0.717) is 12.8 Å². The molecule has 14 heteroatoms. The third kappa shape index (κ3) is 27.4. The minimum absolute atomic E-state index is 0.00696. The number of rotatable bonds is 35. The first-order valence-electron chi connectivity index (χ1n) is 21.5. The van der Waals surface area contributed by atoms with Crippen LogP contribution in [0.4, 0.5) is 0 Å². The lowest BCUT2D eigenvalue weighted by Gasteiger charge is -2.20. The Hall–Kier alpha value is -3.13. The van der Waals surface area contributed by atoms with Crippen molar-refractivity contribution in [1.82, 2.24) is 0 Å². The van der Waals surface area contributed by atoms with Gasteiger partial charge in [0.1, 0.15) is 18.1 Å². The maximum Gasteiger partial charge on any atom is 0.472 e. The van der Waals surface area contributed by atoms with Crippen molar-refractivity contribution in [3.8, 4) is 0 Å². The van der Waals surface area contributed by atoms with Gasteiger partial charge >= 0.3 is 19.8 Å². The SMILES string of the molecule is CC/C=C\C[C@@H](O)/C=C/C=C/C=C\C=C/[C@H](O)[C@@H](O)CCCC(=O)OC[C@H](COP(=O)(O)OCCN)OC(=O)CCCCCCCCc1oc(CCCCC)c(C)c1C. The number of phosphoric acid groups is 1. The highest BCUT2D eigenvalue weighted by atomic mass is 31.2. The standard InChI is InChI=1S/C45H74NO12P/c1-5-7-17-24-38(47)25-19-13-9-10-14-20-26-40(48)41(49)27-23-31-44(50)54-34-39(35-56-59(52,53)55-33-32-46)57-45(51)30-22-16-12-11-15-21-29-43-37(4)36(3)42(58-43)28-18-8-6-2/h7,9-10,13-14,17,19-20,25-26,38-41,47-49H,5-6,8,11-12,15-16,18,21-24,27-35,46H2,1-4H3,(H,52,53)/b13-9+,14-10-,17-7-,25-19+,26-20-/t38-,39-,40+,41+/m1/s1. The smallest absolute Gasteiger partial charge is 0.466 e. The Labute approximate surface area is 353 Å². The number of aliphatic hydroxyl groups is 3. The fourth-order valence-corrected chi connectivity index (χ4v) is 6.62. The van der Waals surface area contributed by atoms with Gasteiger partial charge in [-0.2, -0.15) is 0 Å². The first kappa shape index (κ1) is 53.9. The average Bonchev–Trinajstić information content (AvgIpc) is 3.47. The lowest BCUT2D eigenvalue weighted by Crippen LogP contribution is -2.30. The summed E-state index contributed by atoms with van der Waals surface area (Å²) < 4.78 is 38.8. The number of hydrogen-bond donors (Lipinski definition) is 5. The van der Waals surface area contributed by atoms with Crippen molar-refractivity contribution < 1.29 is 57.3 Å². The van der Waals surface area contributed by atoms with E-state index in [1.54, 1.807) is 42.5 Å². The largest absolute Gasteiger partial charge is 0.472 e. The van der Waals surface area contributed by atoms with Crippen LogP contribution in [0.1, 0.15) is 133 Å². The lowest BCUT2D eigenvalue weighted by molar-refractivity contribution is -0.161. The van der Waals surface area contributed by atoms with Crippen LogP contribution < -0.4 is 5.73 Å². The number of hydrogen-bond acceptors (Lipinski definition) is 12. The van der Waals surface area contributed by atoms with Crippen molar-refractivity contribution in [1.29, 1.82) is 0 Å². The van der Waals surface area contributed by atoms with Crippen LogP contribution in [0.5, 0.6) is 0 Å². The molecule has 6 N–H and O–H groups in total. The Morgan fingerprint density at radius 3 is 1.98 bits per heavy atom. The van der Waals surface area contributed by atoms with Crippen molar-refractivity contribution >= 4 is 19.8 Å². The number of esters is 2. The number of unbranched alkanes of at least 4 members (excludes halogenated alkanes) is 7. The highest BCUT2D eigenvalue weighted by molar-refractivity contribution is 7.47. The summed E-state index contributed by atoms with van der Waals surface area (Å²) in [4.78, 5) is 35.0. The molecule has 0 spiro atoms. The molecule has 1 rings (SSSR count). The van der Waals surface area contributed by atoms with E-state index in [2.05, 4.69) is 20.8 Å². The molecule has 0 saturated carbocycles. The van der Waals surface area contributed by atoms with E-state index < -0.39 is 57.4 Å². The number of ether oxygens (including phenoxy) is 2. The maximum atomic E-state index is 12.7. The zero-order valence-electron chi connectivity index (χ0n) is 36.0. The molecule has 0 radical (unpaired) electrons. The highest BCUT2D eigenvalue weighted by Gasteiger charge is 2.26. The summed E-state index contributed by atoms with van der Waals surface area (Å²) in [6.45, 7) is 7.32. The molecule has 0 fully saturated rings. The van der Waals surface area contributed by atoms with Crippen molar-refractivity contribution in [2.24, 2.45) is 5.73 Å². The molecule has 0 amide bonds. The van der Waals surface area contributed by atoms with Crippen LogP contribution >= 0.6 is 7.82 Å². The third-order valence-corrected chi connectivity index (χ3v) is 10.4. The van der Waals surface area contributed by atoms with Crippen molar-refractivity contribution in [3.63, 3.8) is 0 Å². The third-order valence-electron chi connectivity index (χ3n) is 9.46. The second-order valence-corrected chi connectivity index (χ2v) is 16.1. The first-order valence-corrected chi connectivity index (χ1v) is 22.9. The summed E-state index contributed by atoms with van der Waals surface area (Å²) in [7, 11) is -4.48. The quantitative estimate of drug-likeness (QED) is 0.0143. The minimum atomic E-state index is -4.48. The molecular formula is C45H74NO12P. The molecule has 0 aliphatic rings. The summed E-state index contributed by atoms with van der Waals surface area (Å²) >= 11 is 0. The molecule has 0 aliphatic carbocycles. The van der Waals surface area contributed by atoms with E-state index in [4.69, 9.17) is 28.7 Å². The van der Waals surface area contributed by atoms with Gasteiger partial charge in [-0.3, -0.25) is 18.6 Å². The van der Waals surface area contributed by atoms with Gasteiger partial charge < -0.3 is 39.8 Å². The number of aliphatic hydroxyl groups excluding tert-OH is 3. The molecular weight excluding hydrogens is 777 g/mol. The van der Waals surface area contributed by atoms with E-state index in [9.17, 15) is 34.4 Å². The number of carbonyl (C=O) groups excluding carboxylic acids is 2. The number of allylic oxidation sites excluding steroid dienone is 7. The van der Waals surface area contributed by atoms with Crippen LogP contribution in [0.2, 0.25) is 0 Å². The molecule has 13 nitrogen and oxygen atoms in total. The summed E-state index contributed by atoms with van der Waals surface area (Å²) in [6.07, 6.45) is 26.2. The Morgan fingerprint density at radius 2 is 1.34 bits per heavy atom. The topological polar surface area (TPSA) is 208 Å². The molecule has 0 aromatic carbocycles. The van der Waals surface area contributed by atoms with Crippen molar-refractivity contribution in [3.05, 3.63) is 83.4 Å². The molecule has 336 valence electrons. The van der Waals surface area contributed by atoms with Gasteiger partial charge in [0.2, 0.25) is 0 Å². The number of furan rings is 1. The summed E-state index contributed by atoms with van der Waals surface area (Å²) in [5, 5.41) is 30.4. The number of aryl methyl sites for hydroxylation is 2. The van der Waals surface area contributed by atoms with E-state index in [-0.39, 0.29) is 38.8 Å². The van der Waals surface area contributed by atoms with Gasteiger partial charge in [-0.05, 0) is 69.9 Å². The molecule has 0 aliphatic heterocycles. The first-order chi connectivity index (χ1) is 28.3. The van der Waals surface area contributed by atoms with Crippen LogP contribution in [-0.2, 0) is 45.5 Å². The predicted molar refractivity (Wildman–Crippen MR) is 232 cm³/mol. The predicted octanol–water partition coefficient (Wildman–Crippen LogP) is 8.28. The Kier molecular flexibility index (Phi) is 30.7. The Morgan fingerprint density at radius 1 is 0.746 bits per heavy atom. The van der Waals surface area contributed by atoms with Crippen molar-refractivity contribution in [2.75, 3.05) is 26.4 Å². The molecule has 1 heterocycles. The van der Waals surface area contributed by atoms with Crippen LogP contribution in [0, 0.1) is 13.8 Å². The second kappa shape index (κ2) is 33.6. The molecule has 0 bridgehead atoms. The fourth-order valence-electron chi connectivity index (χ4n) is 5.86. The van der Waals surface area contributed by atoms with Gasteiger partial charge in [0, 0.05) is 32.2 Å². The van der Waals surface area contributed by atoms with Crippen LogP contribution in [-0.4, -0.2) is 82.9 Å². The zero-order valence-corrected chi connectivity index (χ0v) is 36.9. The van der Waals surface area contributed by atoms with Gasteiger partial charge in [-0.1, -0.05) is 113 Å². The number of phosphoric ester groups is 1. The number of carbonyl (C=O) groups is 2. The van der Waals surface area contributed by atoms with Gasteiger partial charge in [-0.15, -0.1) is 0 Å². The van der Waals surface area contributed by atoms with E-state index >= 15 is 0 Å². The Balaban J connectivity index is 2.45. The van der Waals surface area contributed by atoms with Crippen molar-refractivity contribution in [2.45, 2.75) is 161 Å². The van der Waals surface area contributed by atoms with Gasteiger partial charge in [0.15, 0.2) is 6.10 Å². The van der Waals surface area contributed by atoms with E-state index in [1.165, 1.54) is 30.0 Å². The molecule has 1 aromatic rings. The highest BCUT2D eigenvalue weighted by Crippen LogP contribution is 2.43. The summed E-state index contributed by atoms with van der Waals surface area (Å²) in [5.41, 5.74) is 7.88. The van der Waals surface area contributed by atoms with Crippen LogP contribution in [0.3, 0.4) is 0 Å². The fraction of sp³-hybridized carbons (Fsp3) is 0.644. The maximum absolute atomic E-state index is 12.7. The van der Waals surface area contributed by atoms with Crippen LogP contribution in [0.25, 0.3) is 0 Å². The van der Waals surface area contributed by atoms with Gasteiger partial charge in [-0.25, -0.2) is 4.57 Å². The van der Waals surface area contributed by atoms with E-state index in [1.807, 2.05) is 19.1 Å². The summed E-state index contributed by atoms with van der Waals surface area (Å²) in [6, 6.07) is 0. The summed E-state index contributed by atoms with van der Waals surface area (Å²) in [5.74, 6) is 1.02. The number of nitrogens with two attached hydrogens (primary N) is 1. The Bertz CT molecular complexity index is 1480.